The third-order valence-electron chi connectivity index (χ3n) is 0.750. The lowest BCUT2D eigenvalue weighted by atomic mass is 10.5. The summed E-state index contributed by atoms with van der Waals surface area (Å²) in [7, 11) is -2.06. The summed E-state index contributed by atoms with van der Waals surface area (Å²) in [5.41, 5.74) is 0. The zero-order valence-electron chi connectivity index (χ0n) is 5.72. The van der Waals surface area contributed by atoms with Gasteiger partial charge < -0.3 is 4.52 Å². The topological polar surface area (TPSA) is 43.4 Å². The van der Waals surface area contributed by atoms with E-state index in [0.717, 1.165) is 6.42 Å². The lowest BCUT2D eigenvalue weighted by molar-refractivity contribution is -0.107. The van der Waals surface area contributed by atoms with Gasteiger partial charge in [0.15, 0.2) is 8.03 Å². The van der Waals surface area contributed by atoms with Crippen LogP contribution in [0.5, 0.6) is 0 Å². The Bertz CT molecular complexity index is 137. The van der Waals surface area contributed by atoms with Crippen LogP contribution in [0.2, 0.25) is 0 Å². The van der Waals surface area contributed by atoms with Crippen LogP contribution in [0.1, 0.15) is 13.3 Å². The maximum Gasteiger partial charge on any atom is 0.201 e. The Labute approximate surface area is 74.5 Å². The largest absolute Gasteiger partial charge is 0.330 e. The fraction of sp³-hybridized carbons (Fsp3) is 0.800. The highest BCUT2D eigenvalue weighted by Crippen LogP contribution is 2.22. The minimum atomic E-state index is -2.06. The first-order valence-electron chi connectivity index (χ1n) is 3.00. The number of carbonyl (C=O) groups excluding carboxylic acids is 1. The van der Waals surface area contributed by atoms with Crippen LogP contribution in [-0.4, -0.2) is 16.6 Å². The van der Waals surface area contributed by atoms with E-state index in [2.05, 4.69) is 0 Å². The van der Waals surface area contributed by atoms with Crippen LogP contribution in [0, 0.1) is 0 Å². The van der Waals surface area contributed by atoms with Gasteiger partial charge in [-0.05, 0) is 6.42 Å². The van der Waals surface area contributed by atoms with Gasteiger partial charge in [-0.25, -0.2) is 0 Å². The third kappa shape index (κ3) is 6.71. The summed E-state index contributed by atoms with van der Waals surface area (Å²) in [5.74, 6) is 0. The molecule has 0 N–H and O–H groups in total. The van der Waals surface area contributed by atoms with Crippen molar-refractivity contribution in [1.82, 2.24) is 0 Å². The molecule has 0 aliphatic carbocycles. The number of hydrogen-bond donors (Lipinski definition) is 0. The van der Waals surface area contributed by atoms with Crippen molar-refractivity contribution in [1.29, 1.82) is 0 Å². The van der Waals surface area contributed by atoms with Crippen LogP contribution in [0.4, 0.5) is 0 Å². The van der Waals surface area contributed by atoms with Crippen LogP contribution >= 0.6 is 30.6 Å². The lowest BCUT2D eigenvalue weighted by Crippen LogP contribution is -1.91. The van der Waals surface area contributed by atoms with Gasteiger partial charge in [0.25, 0.3) is 0 Å². The van der Waals surface area contributed by atoms with Crippen molar-refractivity contribution in [3.63, 3.8) is 0 Å². The number of hydrogen-bond acceptors (Lipinski definition) is 3. The predicted octanol–water partition coefficient (Wildman–Crippen LogP) is 1.85. The average molecular weight is 276 g/mol. The van der Waals surface area contributed by atoms with E-state index in [1.54, 1.807) is 22.6 Å². The van der Waals surface area contributed by atoms with E-state index >= 15 is 0 Å². The van der Waals surface area contributed by atoms with Gasteiger partial charge in [0.05, 0.1) is 12.8 Å². The van der Waals surface area contributed by atoms with E-state index in [1.807, 2.05) is 6.92 Å². The highest BCUT2D eigenvalue weighted by Gasteiger charge is 2.02. The van der Waals surface area contributed by atoms with Crippen molar-refractivity contribution < 1.29 is 13.9 Å². The number of carbonyl (C=O) groups is 1. The Morgan fingerprint density at radius 1 is 1.70 bits per heavy atom. The number of rotatable bonds is 5. The predicted molar refractivity (Wildman–Crippen MR) is 49.1 cm³/mol. The van der Waals surface area contributed by atoms with Crippen LogP contribution in [0.25, 0.3) is 0 Å². The van der Waals surface area contributed by atoms with Gasteiger partial charge in [-0.15, -0.1) is 0 Å². The molecule has 0 heterocycles. The Kier molecular flexibility index (Phi) is 6.68. The molecule has 3 nitrogen and oxygen atoms in total. The standard InChI is InChI=1S/C5H10IO3P/c1-2-3-9-10(8)4-5(6)7/h10H,2-4H2,1H3. The molecular weight excluding hydrogens is 266 g/mol. The molecule has 0 aliphatic rings. The Balaban J connectivity index is 3.35. The highest BCUT2D eigenvalue weighted by atomic mass is 127. The maximum atomic E-state index is 10.7. The van der Waals surface area contributed by atoms with Crippen molar-refractivity contribution in [3.8, 4) is 0 Å². The number of halogens is 1. The summed E-state index contributed by atoms with van der Waals surface area (Å²) in [4.78, 5) is 10.3. The molecule has 0 spiro atoms. The molecule has 0 amide bonds. The second-order valence-electron chi connectivity index (χ2n) is 1.75. The molecule has 1 atom stereocenters. The van der Waals surface area contributed by atoms with Crippen LogP contribution in [-0.2, 0) is 13.9 Å². The molecule has 0 aliphatic heterocycles. The minimum Gasteiger partial charge on any atom is -0.330 e. The summed E-state index contributed by atoms with van der Waals surface area (Å²) >= 11 is 1.62. The molecule has 0 radical (unpaired) electrons. The molecule has 0 rings (SSSR count). The van der Waals surface area contributed by atoms with Crippen molar-refractivity contribution in [3.05, 3.63) is 0 Å². The molecule has 0 saturated carbocycles. The smallest absolute Gasteiger partial charge is 0.201 e. The second-order valence-corrected chi connectivity index (χ2v) is 4.34. The van der Waals surface area contributed by atoms with Crippen molar-refractivity contribution >= 4 is 34.4 Å². The first kappa shape index (κ1) is 10.6. The van der Waals surface area contributed by atoms with Gasteiger partial charge in [0.1, 0.15) is 0 Å². The first-order valence-corrected chi connectivity index (χ1v) is 5.61. The van der Waals surface area contributed by atoms with Crippen LogP contribution in [0.15, 0.2) is 0 Å². The van der Waals surface area contributed by atoms with Crippen molar-refractivity contribution in [2.45, 2.75) is 13.3 Å². The van der Waals surface area contributed by atoms with Crippen LogP contribution in [0.3, 0.4) is 0 Å². The summed E-state index contributed by atoms with van der Waals surface area (Å²) in [6.45, 7) is 2.42. The summed E-state index contributed by atoms with van der Waals surface area (Å²) < 4.78 is 15.5. The normalized spacial score (nSPS) is 13.0. The Morgan fingerprint density at radius 2 is 2.30 bits per heavy atom. The molecule has 1 unspecified atom stereocenters. The molecule has 0 saturated heterocycles. The summed E-state index contributed by atoms with van der Waals surface area (Å²) in [5, 5.41) is 0. The quantitative estimate of drug-likeness (QED) is 0.437. The zero-order chi connectivity index (χ0) is 7.98. The zero-order valence-corrected chi connectivity index (χ0v) is 8.88. The molecular formula is C5H10IO3P. The van der Waals surface area contributed by atoms with Gasteiger partial charge in [-0.3, -0.25) is 9.36 Å². The molecule has 60 valence electrons. The summed E-state index contributed by atoms with van der Waals surface area (Å²) in [6, 6.07) is 0. The van der Waals surface area contributed by atoms with E-state index in [4.69, 9.17) is 4.52 Å². The molecule has 10 heavy (non-hydrogen) atoms. The summed E-state index contributed by atoms with van der Waals surface area (Å²) in [6.07, 6.45) is 0.914. The molecule has 0 bridgehead atoms. The monoisotopic (exact) mass is 276 g/mol. The van der Waals surface area contributed by atoms with Crippen molar-refractivity contribution in [2.24, 2.45) is 0 Å². The van der Waals surface area contributed by atoms with E-state index in [1.165, 1.54) is 0 Å². The molecule has 5 heteroatoms. The molecule has 0 aromatic rings. The molecule has 0 aromatic carbocycles. The van der Waals surface area contributed by atoms with Crippen LogP contribution < -0.4 is 0 Å². The third-order valence-corrected chi connectivity index (χ3v) is 2.99. The van der Waals surface area contributed by atoms with Gasteiger partial charge in [0.2, 0.25) is 3.79 Å². The van der Waals surface area contributed by atoms with Gasteiger partial charge in [-0.1, -0.05) is 6.92 Å². The maximum absolute atomic E-state index is 10.7. The fourth-order valence-corrected chi connectivity index (χ4v) is 2.08. The average Bonchev–Trinajstić information content (AvgIpc) is 1.82. The van der Waals surface area contributed by atoms with Gasteiger partial charge in [-0.2, -0.15) is 0 Å². The Hall–Kier alpha value is 0.590. The highest BCUT2D eigenvalue weighted by molar-refractivity contribution is 14.1. The van der Waals surface area contributed by atoms with Gasteiger partial charge in [0, 0.05) is 22.6 Å². The van der Waals surface area contributed by atoms with Crippen molar-refractivity contribution in [2.75, 3.05) is 12.8 Å². The van der Waals surface area contributed by atoms with E-state index in [0.29, 0.717) is 6.61 Å². The molecule has 0 aromatic heterocycles. The van der Waals surface area contributed by atoms with E-state index in [9.17, 15) is 9.36 Å². The van der Waals surface area contributed by atoms with Gasteiger partial charge >= 0.3 is 0 Å². The minimum absolute atomic E-state index is 0.0746. The SMILES string of the molecule is CCCO[PH](=O)CC(=O)I. The molecule has 0 fully saturated rings. The van der Waals surface area contributed by atoms with E-state index < -0.39 is 8.03 Å². The van der Waals surface area contributed by atoms with E-state index in [-0.39, 0.29) is 9.95 Å². The Morgan fingerprint density at radius 3 is 2.70 bits per heavy atom. The second kappa shape index (κ2) is 6.31. The lowest BCUT2D eigenvalue weighted by Gasteiger charge is -1.97. The fourth-order valence-electron chi connectivity index (χ4n) is 0.380. The first-order chi connectivity index (χ1) is 4.66.